The lowest BCUT2D eigenvalue weighted by atomic mass is 9.81. The van der Waals surface area contributed by atoms with Crippen LogP contribution in [0, 0.1) is 10.1 Å². The van der Waals surface area contributed by atoms with E-state index in [0.717, 1.165) is 24.5 Å². The van der Waals surface area contributed by atoms with E-state index in [0.29, 0.717) is 17.7 Å². The number of alkyl halides is 3. The fourth-order valence-corrected chi connectivity index (χ4v) is 4.31. The lowest BCUT2D eigenvalue weighted by Crippen LogP contribution is -2.49. The molecule has 1 fully saturated rings. The van der Waals surface area contributed by atoms with Gasteiger partial charge in [-0.2, -0.15) is 13.2 Å². The van der Waals surface area contributed by atoms with Crippen LogP contribution >= 0.6 is 0 Å². The fraction of sp³-hybridized carbons (Fsp3) is 0.400. The molecule has 0 amide bonds. The predicted molar refractivity (Wildman–Crippen MR) is 120 cm³/mol. The SMILES string of the molecule is CC1(C)OC(C)(C)C(O)=C(c2cc(Oc3ccc(C(F)(F)F)cc3[N+](=O)[O-])ccc2C2CC2)C1=O. The van der Waals surface area contributed by atoms with Gasteiger partial charge in [0.05, 0.1) is 16.1 Å². The largest absolute Gasteiger partial charge is 0.508 e. The van der Waals surface area contributed by atoms with E-state index in [9.17, 15) is 33.2 Å². The van der Waals surface area contributed by atoms with E-state index >= 15 is 0 Å². The van der Waals surface area contributed by atoms with E-state index in [-0.39, 0.29) is 28.7 Å². The summed E-state index contributed by atoms with van der Waals surface area (Å²) in [6.07, 6.45) is -2.97. The molecule has 1 N–H and O–H groups in total. The molecule has 1 heterocycles. The fourth-order valence-electron chi connectivity index (χ4n) is 4.31. The average Bonchev–Trinajstić information content (AvgIpc) is 3.57. The van der Waals surface area contributed by atoms with Crippen LogP contribution in [-0.4, -0.2) is 27.0 Å². The Morgan fingerprint density at radius 1 is 1.09 bits per heavy atom. The first-order valence-electron chi connectivity index (χ1n) is 11.0. The van der Waals surface area contributed by atoms with Gasteiger partial charge in [-0.1, -0.05) is 6.07 Å². The van der Waals surface area contributed by atoms with Crippen molar-refractivity contribution in [2.75, 3.05) is 0 Å². The van der Waals surface area contributed by atoms with Crippen molar-refractivity contribution in [2.24, 2.45) is 0 Å². The van der Waals surface area contributed by atoms with Crippen LogP contribution in [0.5, 0.6) is 11.5 Å². The van der Waals surface area contributed by atoms with Gasteiger partial charge in [0.25, 0.3) is 0 Å². The molecular formula is C25H24F3NO6. The number of ether oxygens (including phenoxy) is 2. The van der Waals surface area contributed by atoms with Crippen LogP contribution < -0.4 is 4.74 Å². The molecule has 0 spiro atoms. The van der Waals surface area contributed by atoms with Crippen LogP contribution in [0.25, 0.3) is 5.57 Å². The predicted octanol–water partition coefficient (Wildman–Crippen LogP) is 6.71. The van der Waals surface area contributed by atoms with E-state index in [2.05, 4.69) is 0 Å². The Labute approximate surface area is 199 Å². The van der Waals surface area contributed by atoms with E-state index < -0.39 is 39.3 Å². The zero-order chi connectivity index (χ0) is 25.9. The van der Waals surface area contributed by atoms with E-state index in [4.69, 9.17) is 9.47 Å². The van der Waals surface area contributed by atoms with Gasteiger partial charge in [0.2, 0.25) is 5.75 Å². The van der Waals surface area contributed by atoms with Crippen molar-refractivity contribution in [2.45, 2.75) is 63.8 Å². The summed E-state index contributed by atoms with van der Waals surface area (Å²) in [7, 11) is 0. The molecule has 0 unspecified atom stereocenters. The summed E-state index contributed by atoms with van der Waals surface area (Å²) < 4.78 is 50.6. The van der Waals surface area contributed by atoms with Gasteiger partial charge >= 0.3 is 11.9 Å². The average molecular weight is 491 g/mol. The molecular weight excluding hydrogens is 467 g/mol. The first-order chi connectivity index (χ1) is 16.1. The van der Waals surface area contributed by atoms with Crippen molar-refractivity contribution in [3.63, 3.8) is 0 Å². The third-order valence-corrected chi connectivity index (χ3v) is 6.11. The summed E-state index contributed by atoms with van der Waals surface area (Å²) in [6.45, 7) is 6.48. The summed E-state index contributed by atoms with van der Waals surface area (Å²) in [5, 5.41) is 22.4. The Bertz CT molecular complexity index is 1260. The van der Waals surface area contributed by atoms with Gasteiger partial charge in [0.1, 0.15) is 22.7 Å². The highest BCUT2D eigenvalue weighted by Gasteiger charge is 2.48. The third kappa shape index (κ3) is 4.62. The number of nitro benzene ring substituents is 1. The molecule has 1 aliphatic carbocycles. The van der Waals surface area contributed by atoms with Crippen molar-refractivity contribution in [3.8, 4) is 11.5 Å². The molecule has 35 heavy (non-hydrogen) atoms. The molecule has 1 aliphatic heterocycles. The van der Waals surface area contributed by atoms with Crippen LogP contribution in [0.2, 0.25) is 0 Å². The van der Waals surface area contributed by atoms with Gasteiger partial charge in [0, 0.05) is 6.07 Å². The summed E-state index contributed by atoms with van der Waals surface area (Å²) in [4.78, 5) is 23.8. The van der Waals surface area contributed by atoms with Crippen LogP contribution in [0.15, 0.2) is 42.2 Å². The molecule has 4 rings (SSSR count). The zero-order valence-corrected chi connectivity index (χ0v) is 19.5. The first-order valence-corrected chi connectivity index (χ1v) is 11.0. The lowest BCUT2D eigenvalue weighted by Gasteiger charge is -2.40. The molecule has 7 nitrogen and oxygen atoms in total. The number of Topliss-reactive ketones (excluding diaryl/α,β-unsaturated/α-hetero) is 1. The molecule has 0 bridgehead atoms. The number of nitrogens with zero attached hydrogens (tertiary/aromatic N) is 1. The number of rotatable bonds is 5. The lowest BCUT2D eigenvalue weighted by molar-refractivity contribution is -0.385. The van der Waals surface area contributed by atoms with Gasteiger partial charge in [-0.05, 0) is 81.8 Å². The van der Waals surface area contributed by atoms with E-state index in [1.165, 1.54) is 12.1 Å². The highest BCUT2D eigenvalue weighted by molar-refractivity contribution is 6.26. The minimum absolute atomic E-state index is 0.0699. The Morgan fingerprint density at radius 3 is 2.31 bits per heavy atom. The second-order valence-electron chi connectivity index (χ2n) is 9.74. The second-order valence-corrected chi connectivity index (χ2v) is 9.74. The molecule has 1 saturated carbocycles. The van der Waals surface area contributed by atoms with Crippen LogP contribution in [0.3, 0.4) is 0 Å². The molecule has 2 aromatic carbocycles. The summed E-state index contributed by atoms with van der Waals surface area (Å²) in [5.41, 5.74) is -3.12. The van der Waals surface area contributed by atoms with E-state index in [1.54, 1.807) is 33.8 Å². The molecule has 2 aromatic rings. The van der Waals surface area contributed by atoms with Crippen molar-refractivity contribution >= 4 is 17.0 Å². The number of hydrogen-bond acceptors (Lipinski definition) is 6. The maximum atomic E-state index is 13.3. The molecule has 0 saturated heterocycles. The number of ketones is 1. The summed E-state index contributed by atoms with van der Waals surface area (Å²) in [5.74, 6) is -0.829. The monoisotopic (exact) mass is 491 g/mol. The summed E-state index contributed by atoms with van der Waals surface area (Å²) >= 11 is 0. The minimum atomic E-state index is -4.75. The Morgan fingerprint density at radius 2 is 1.74 bits per heavy atom. The quantitative estimate of drug-likeness (QED) is 0.369. The van der Waals surface area contributed by atoms with Gasteiger partial charge in [-0.25, -0.2) is 0 Å². The smallest absolute Gasteiger partial charge is 0.416 e. The zero-order valence-electron chi connectivity index (χ0n) is 19.5. The molecule has 10 heteroatoms. The Balaban J connectivity index is 1.83. The number of nitro groups is 1. The number of carbonyl (C=O) groups is 1. The van der Waals surface area contributed by atoms with Crippen molar-refractivity contribution in [3.05, 3.63) is 69.0 Å². The topological polar surface area (TPSA) is 98.9 Å². The molecule has 2 aliphatic rings. The molecule has 0 aromatic heterocycles. The van der Waals surface area contributed by atoms with Gasteiger partial charge in [0.15, 0.2) is 5.78 Å². The van der Waals surface area contributed by atoms with Crippen molar-refractivity contribution < 1.29 is 37.5 Å². The normalized spacial score (nSPS) is 19.6. The van der Waals surface area contributed by atoms with Crippen molar-refractivity contribution in [1.82, 2.24) is 0 Å². The number of aliphatic hydroxyl groups is 1. The van der Waals surface area contributed by atoms with Gasteiger partial charge < -0.3 is 14.6 Å². The number of hydrogen-bond donors (Lipinski definition) is 1. The van der Waals surface area contributed by atoms with E-state index in [1.807, 2.05) is 0 Å². The highest BCUT2D eigenvalue weighted by atomic mass is 19.4. The maximum absolute atomic E-state index is 13.3. The summed E-state index contributed by atoms with van der Waals surface area (Å²) in [6, 6.07) is 6.73. The van der Waals surface area contributed by atoms with Crippen LogP contribution in [0.4, 0.5) is 18.9 Å². The highest BCUT2D eigenvalue weighted by Crippen LogP contribution is 2.48. The van der Waals surface area contributed by atoms with Gasteiger partial charge in [-0.3, -0.25) is 14.9 Å². The maximum Gasteiger partial charge on any atom is 0.416 e. The molecule has 0 atom stereocenters. The molecule has 0 radical (unpaired) electrons. The second kappa shape index (κ2) is 8.08. The third-order valence-electron chi connectivity index (χ3n) is 6.11. The number of aliphatic hydroxyl groups excluding tert-OH is 1. The number of benzene rings is 2. The Kier molecular flexibility index (Phi) is 5.71. The van der Waals surface area contributed by atoms with Crippen LogP contribution in [0.1, 0.15) is 63.1 Å². The number of carbonyl (C=O) groups excluding carboxylic acids is 1. The Hall–Kier alpha value is -3.40. The molecule has 186 valence electrons. The minimum Gasteiger partial charge on any atom is -0.508 e. The van der Waals surface area contributed by atoms with Gasteiger partial charge in [-0.15, -0.1) is 0 Å². The van der Waals surface area contributed by atoms with Crippen molar-refractivity contribution in [1.29, 1.82) is 0 Å². The standard InChI is InChI=1S/C25H24F3NO6/c1-23(2)21(30)20(22(31)24(3,4)35-23)17-12-15(8-9-16(17)13-5-6-13)34-19-10-7-14(25(26,27)28)11-18(19)29(32)33/h7-13,30H,5-6H2,1-4H3. The first kappa shape index (κ1) is 24.7. The number of halogens is 3. The van der Waals surface area contributed by atoms with Crippen LogP contribution in [-0.2, 0) is 15.7 Å².